The predicted octanol–water partition coefficient (Wildman–Crippen LogP) is 2.61. The smallest absolute Gasteiger partial charge is 0.241 e. The van der Waals surface area contributed by atoms with E-state index in [1.807, 2.05) is 11.8 Å². The van der Waals surface area contributed by atoms with Crippen molar-refractivity contribution in [2.75, 3.05) is 6.54 Å². The first-order valence-electron chi connectivity index (χ1n) is 5.97. The highest BCUT2D eigenvalue weighted by Crippen LogP contribution is 2.30. The highest BCUT2D eigenvalue weighted by molar-refractivity contribution is 7.07. The van der Waals surface area contributed by atoms with Crippen LogP contribution in [-0.2, 0) is 4.79 Å². The van der Waals surface area contributed by atoms with E-state index in [9.17, 15) is 4.79 Å². The zero-order chi connectivity index (χ0) is 12.6. The van der Waals surface area contributed by atoms with E-state index in [0.717, 1.165) is 6.54 Å². The van der Waals surface area contributed by atoms with Crippen LogP contribution in [0.15, 0.2) is 16.8 Å². The van der Waals surface area contributed by atoms with E-state index >= 15 is 0 Å². The lowest BCUT2D eigenvalue weighted by molar-refractivity contribution is -0.131. The van der Waals surface area contributed by atoms with Crippen LogP contribution in [0, 0.1) is 5.41 Å². The number of carbonyl (C=O) groups is 1. The summed E-state index contributed by atoms with van der Waals surface area (Å²) < 4.78 is 0. The third-order valence-corrected chi connectivity index (χ3v) is 3.58. The van der Waals surface area contributed by atoms with Gasteiger partial charge in [0.1, 0.15) is 6.17 Å². The lowest BCUT2D eigenvalue weighted by Crippen LogP contribution is -2.37. The average Bonchev–Trinajstić information content (AvgIpc) is 2.80. The van der Waals surface area contributed by atoms with Gasteiger partial charge in [0.15, 0.2) is 0 Å². The minimum atomic E-state index is -0.0813. The van der Waals surface area contributed by atoms with E-state index in [1.54, 1.807) is 11.3 Å². The van der Waals surface area contributed by atoms with Crippen LogP contribution in [0.5, 0.6) is 0 Å². The van der Waals surface area contributed by atoms with Gasteiger partial charge in [-0.15, -0.1) is 0 Å². The Morgan fingerprint density at radius 3 is 2.71 bits per heavy atom. The number of amides is 1. The molecule has 3 nitrogen and oxygen atoms in total. The number of carbonyl (C=O) groups excluding carboxylic acids is 1. The molecule has 1 saturated heterocycles. The molecule has 2 unspecified atom stereocenters. The molecule has 0 aromatic carbocycles. The van der Waals surface area contributed by atoms with E-state index in [-0.39, 0.29) is 23.5 Å². The van der Waals surface area contributed by atoms with Gasteiger partial charge in [-0.2, -0.15) is 11.3 Å². The van der Waals surface area contributed by atoms with E-state index in [2.05, 4.69) is 42.9 Å². The van der Waals surface area contributed by atoms with Crippen LogP contribution in [0.3, 0.4) is 0 Å². The van der Waals surface area contributed by atoms with E-state index in [1.165, 1.54) is 5.56 Å². The third-order valence-electron chi connectivity index (χ3n) is 2.88. The number of hydrogen-bond donors (Lipinski definition) is 1. The molecule has 1 aromatic heterocycles. The lowest BCUT2D eigenvalue weighted by Gasteiger charge is -2.30. The fraction of sp³-hybridized carbons (Fsp3) is 0.615. The standard InChI is InChI=1S/C13H20N2OS/c1-9-12(16)15(8-13(2,3)4)11(14-9)10-5-6-17-7-10/h5-7,9,11,14H,8H2,1-4H3. The molecule has 1 aromatic rings. The molecule has 0 bridgehead atoms. The zero-order valence-corrected chi connectivity index (χ0v) is 11.7. The Balaban J connectivity index is 2.22. The van der Waals surface area contributed by atoms with Crippen molar-refractivity contribution in [2.45, 2.75) is 39.9 Å². The molecule has 4 heteroatoms. The van der Waals surface area contributed by atoms with Crippen molar-refractivity contribution in [2.24, 2.45) is 5.41 Å². The molecule has 2 rings (SSSR count). The average molecular weight is 252 g/mol. The monoisotopic (exact) mass is 252 g/mol. The van der Waals surface area contributed by atoms with Gasteiger partial charge in [0.2, 0.25) is 5.91 Å². The minimum Gasteiger partial charge on any atom is -0.321 e. The summed E-state index contributed by atoms with van der Waals surface area (Å²) in [5.41, 5.74) is 1.31. The maximum absolute atomic E-state index is 12.2. The molecule has 1 N–H and O–H groups in total. The van der Waals surface area contributed by atoms with E-state index in [4.69, 9.17) is 0 Å². The normalized spacial score (nSPS) is 25.6. The Bertz CT molecular complexity index is 394. The highest BCUT2D eigenvalue weighted by Gasteiger charge is 2.38. The summed E-state index contributed by atoms with van der Waals surface area (Å²) in [6.07, 6.45) is 0.0444. The summed E-state index contributed by atoms with van der Waals surface area (Å²) in [4.78, 5) is 14.1. The first-order chi connectivity index (χ1) is 7.88. The number of nitrogens with one attached hydrogen (secondary N) is 1. The van der Waals surface area contributed by atoms with Gasteiger partial charge in [-0.05, 0) is 34.7 Å². The van der Waals surface area contributed by atoms with Gasteiger partial charge in [-0.3, -0.25) is 10.1 Å². The SMILES string of the molecule is CC1NC(c2ccsc2)N(CC(C)(C)C)C1=O. The predicted molar refractivity (Wildman–Crippen MR) is 70.8 cm³/mol. The van der Waals surface area contributed by atoms with Gasteiger partial charge in [0.05, 0.1) is 6.04 Å². The van der Waals surface area contributed by atoms with Crippen LogP contribution in [0.4, 0.5) is 0 Å². The first-order valence-corrected chi connectivity index (χ1v) is 6.91. The summed E-state index contributed by atoms with van der Waals surface area (Å²) in [6.45, 7) is 9.20. The molecule has 1 amide bonds. The Labute approximate surface area is 107 Å². The molecule has 0 radical (unpaired) electrons. The second kappa shape index (κ2) is 4.42. The van der Waals surface area contributed by atoms with Crippen LogP contribution in [0.1, 0.15) is 39.4 Å². The molecule has 94 valence electrons. The molecular formula is C13H20N2OS. The molecule has 0 saturated carbocycles. The summed E-state index contributed by atoms with van der Waals surface area (Å²) in [5, 5.41) is 7.53. The summed E-state index contributed by atoms with van der Waals surface area (Å²) in [7, 11) is 0. The first kappa shape index (κ1) is 12.6. The maximum Gasteiger partial charge on any atom is 0.241 e. The molecule has 2 heterocycles. The van der Waals surface area contributed by atoms with Crippen LogP contribution >= 0.6 is 11.3 Å². The van der Waals surface area contributed by atoms with Crippen LogP contribution in [0.2, 0.25) is 0 Å². The molecule has 0 spiro atoms. The van der Waals surface area contributed by atoms with Crippen molar-refractivity contribution in [3.63, 3.8) is 0 Å². The molecule has 2 atom stereocenters. The third kappa shape index (κ3) is 2.69. The van der Waals surface area contributed by atoms with Gasteiger partial charge < -0.3 is 4.90 Å². The Morgan fingerprint density at radius 2 is 2.18 bits per heavy atom. The Hall–Kier alpha value is -0.870. The largest absolute Gasteiger partial charge is 0.321 e. The van der Waals surface area contributed by atoms with Crippen LogP contribution in [-0.4, -0.2) is 23.4 Å². The summed E-state index contributed by atoms with van der Waals surface area (Å²) in [5.74, 6) is 0.205. The van der Waals surface area contributed by atoms with Gasteiger partial charge in [-0.1, -0.05) is 20.8 Å². The summed E-state index contributed by atoms with van der Waals surface area (Å²) in [6, 6.07) is 2.01. The zero-order valence-electron chi connectivity index (χ0n) is 10.9. The summed E-state index contributed by atoms with van der Waals surface area (Å²) >= 11 is 1.67. The minimum absolute atomic E-state index is 0.0444. The van der Waals surface area contributed by atoms with E-state index in [0.29, 0.717) is 0 Å². The van der Waals surface area contributed by atoms with Crippen molar-refractivity contribution in [1.29, 1.82) is 0 Å². The fourth-order valence-corrected chi connectivity index (χ4v) is 2.84. The quantitative estimate of drug-likeness (QED) is 0.877. The van der Waals surface area contributed by atoms with Crippen molar-refractivity contribution >= 4 is 17.2 Å². The molecule has 0 aliphatic carbocycles. The van der Waals surface area contributed by atoms with Crippen LogP contribution in [0.25, 0.3) is 0 Å². The van der Waals surface area contributed by atoms with Gasteiger partial charge in [-0.25, -0.2) is 0 Å². The number of thiophene rings is 1. The highest BCUT2D eigenvalue weighted by atomic mass is 32.1. The van der Waals surface area contributed by atoms with Crippen molar-refractivity contribution in [1.82, 2.24) is 10.2 Å². The fourth-order valence-electron chi connectivity index (χ4n) is 2.16. The number of rotatable bonds is 2. The molecular weight excluding hydrogens is 232 g/mol. The molecule has 1 aliphatic rings. The van der Waals surface area contributed by atoms with Gasteiger partial charge in [0.25, 0.3) is 0 Å². The Morgan fingerprint density at radius 1 is 1.47 bits per heavy atom. The molecule has 1 fully saturated rings. The van der Waals surface area contributed by atoms with Crippen molar-refractivity contribution in [3.05, 3.63) is 22.4 Å². The number of nitrogens with zero attached hydrogens (tertiary/aromatic N) is 1. The van der Waals surface area contributed by atoms with Gasteiger partial charge >= 0.3 is 0 Å². The lowest BCUT2D eigenvalue weighted by atomic mass is 9.95. The maximum atomic E-state index is 12.2. The molecule has 17 heavy (non-hydrogen) atoms. The number of hydrogen-bond acceptors (Lipinski definition) is 3. The van der Waals surface area contributed by atoms with Gasteiger partial charge in [0, 0.05) is 6.54 Å². The second-order valence-electron chi connectivity index (χ2n) is 5.87. The second-order valence-corrected chi connectivity index (χ2v) is 6.65. The van der Waals surface area contributed by atoms with E-state index < -0.39 is 0 Å². The Kier molecular flexibility index (Phi) is 3.27. The topological polar surface area (TPSA) is 32.3 Å². The van der Waals surface area contributed by atoms with Crippen LogP contribution < -0.4 is 5.32 Å². The van der Waals surface area contributed by atoms with Crippen molar-refractivity contribution < 1.29 is 4.79 Å². The van der Waals surface area contributed by atoms with Crippen molar-refractivity contribution in [3.8, 4) is 0 Å². The molecule has 1 aliphatic heterocycles.